The van der Waals surface area contributed by atoms with E-state index in [9.17, 15) is 14.7 Å². The van der Waals surface area contributed by atoms with Crippen molar-refractivity contribution in [2.75, 3.05) is 30.5 Å². The number of aryl methyl sites for hydroxylation is 1. The van der Waals surface area contributed by atoms with E-state index in [0.717, 1.165) is 40.1 Å². The third-order valence-corrected chi connectivity index (χ3v) is 7.64. The van der Waals surface area contributed by atoms with Gasteiger partial charge in [-0.15, -0.1) is 0 Å². The second-order valence-electron chi connectivity index (χ2n) is 10.4. The Morgan fingerprint density at radius 3 is 2.68 bits per heavy atom. The Bertz CT molecular complexity index is 1420. The average Bonchev–Trinajstić information content (AvgIpc) is 3.21. The quantitative estimate of drug-likeness (QED) is 0.423. The highest BCUT2D eigenvalue weighted by Crippen LogP contribution is 2.37. The standard InChI is InChI=1S/C30H31N3O5/c1-17-9-24(18(2)31-27-6-4-3-5-23(27)30(35)36)26-13-33(29(34)25(26)10-17)22-12-19-11-20(32-21-14-37-15-21)7-8-28(19)38-16-22/h3-11,18,21-22,31-32H,12-16H2,1-2H3,(H,35,36). The van der Waals surface area contributed by atoms with Crippen LogP contribution in [-0.2, 0) is 17.7 Å². The number of nitrogens with one attached hydrogen (secondary N) is 2. The van der Waals surface area contributed by atoms with E-state index in [-0.39, 0.29) is 23.6 Å². The van der Waals surface area contributed by atoms with E-state index >= 15 is 0 Å². The molecule has 2 atom stereocenters. The Balaban J connectivity index is 1.23. The minimum Gasteiger partial charge on any atom is -0.491 e. The topological polar surface area (TPSA) is 100 Å². The van der Waals surface area contributed by atoms with Gasteiger partial charge in [-0.1, -0.05) is 18.2 Å². The van der Waals surface area contributed by atoms with Gasteiger partial charge in [0.25, 0.3) is 5.91 Å². The number of rotatable bonds is 7. The van der Waals surface area contributed by atoms with Gasteiger partial charge in [-0.3, -0.25) is 4.79 Å². The van der Waals surface area contributed by atoms with Crippen LogP contribution in [0.15, 0.2) is 54.6 Å². The zero-order valence-electron chi connectivity index (χ0n) is 21.5. The Hall–Kier alpha value is -4.04. The van der Waals surface area contributed by atoms with Gasteiger partial charge < -0.3 is 30.1 Å². The number of hydrogen-bond acceptors (Lipinski definition) is 6. The largest absolute Gasteiger partial charge is 0.491 e. The lowest BCUT2D eigenvalue weighted by molar-refractivity contribution is 0.0211. The first-order valence-electron chi connectivity index (χ1n) is 13.0. The van der Waals surface area contributed by atoms with Gasteiger partial charge in [-0.2, -0.15) is 0 Å². The van der Waals surface area contributed by atoms with Gasteiger partial charge >= 0.3 is 5.97 Å². The predicted octanol–water partition coefficient (Wildman–Crippen LogP) is 4.64. The van der Waals surface area contributed by atoms with Crippen LogP contribution in [0.1, 0.15) is 55.9 Å². The molecule has 3 aromatic carbocycles. The van der Waals surface area contributed by atoms with Crippen molar-refractivity contribution >= 4 is 23.3 Å². The van der Waals surface area contributed by atoms with Gasteiger partial charge in [0, 0.05) is 29.5 Å². The van der Waals surface area contributed by atoms with E-state index in [1.165, 1.54) is 0 Å². The highest BCUT2D eigenvalue weighted by molar-refractivity contribution is 5.99. The number of hydrogen-bond donors (Lipinski definition) is 3. The van der Waals surface area contributed by atoms with Crippen molar-refractivity contribution in [1.29, 1.82) is 0 Å². The molecule has 6 rings (SSSR count). The molecule has 38 heavy (non-hydrogen) atoms. The van der Waals surface area contributed by atoms with Crippen molar-refractivity contribution in [2.45, 2.75) is 44.9 Å². The summed E-state index contributed by atoms with van der Waals surface area (Å²) in [7, 11) is 0. The summed E-state index contributed by atoms with van der Waals surface area (Å²) in [6, 6.07) is 17.1. The summed E-state index contributed by atoms with van der Waals surface area (Å²) >= 11 is 0. The number of fused-ring (bicyclic) bond motifs is 2. The van der Waals surface area contributed by atoms with E-state index in [0.29, 0.717) is 43.7 Å². The molecule has 3 aromatic rings. The van der Waals surface area contributed by atoms with Crippen LogP contribution in [-0.4, -0.2) is 53.8 Å². The van der Waals surface area contributed by atoms with Crippen molar-refractivity contribution in [3.63, 3.8) is 0 Å². The second-order valence-corrected chi connectivity index (χ2v) is 10.4. The number of carboxylic acids is 1. The van der Waals surface area contributed by atoms with Crippen LogP contribution in [0.5, 0.6) is 5.75 Å². The first-order valence-corrected chi connectivity index (χ1v) is 13.0. The normalized spacial score (nSPS) is 19.2. The maximum Gasteiger partial charge on any atom is 0.337 e. The number of nitrogens with zero attached hydrogens (tertiary/aromatic N) is 1. The number of amides is 1. The van der Waals surface area contributed by atoms with Crippen molar-refractivity contribution in [3.05, 3.63) is 88.0 Å². The number of benzene rings is 3. The maximum atomic E-state index is 13.6. The number of anilines is 2. The van der Waals surface area contributed by atoms with E-state index in [1.807, 2.05) is 43.0 Å². The van der Waals surface area contributed by atoms with Gasteiger partial charge in [0.05, 0.1) is 30.9 Å². The van der Waals surface area contributed by atoms with Crippen molar-refractivity contribution < 1.29 is 24.2 Å². The van der Waals surface area contributed by atoms with Crippen LogP contribution in [0.4, 0.5) is 11.4 Å². The first kappa shape index (κ1) is 24.3. The molecule has 0 radical (unpaired) electrons. The molecule has 0 aromatic heterocycles. The van der Waals surface area contributed by atoms with E-state index in [4.69, 9.17) is 9.47 Å². The Morgan fingerprint density at radius 2 is 1.92 bits per heavy atom. The van der Waals surface area contributed by atoms with Crippen LogP contribution < -0.4 is 15.4 Å². The zero-order chi connectivity index (χ0) is 26.4. The smallest absolute Gasteiger partial charge is 0.337 e. The fourth-order valence-corrected chi connectivity index (χ4v) is 5.62. The SMILES string of the molecule is Cc1cc2c(c(C(C)Nc3ccccc3C(=O)O)c1)CN(C1COc3ccc(NC4COC4)cc3C1)C2=O. The van der Waals surface area contributed by atoms with Crippen LogP contribution in [0, 0.1) is 6.92 Å². The van der Waals surface area contributed by atoms with Gasteiger partial charge in [-0.25, -0.2) is 4.79 Å². The van der Waals surface area contributed by atoms with Crippen LogP contribution in [0.25, 0.3) is 0 Å². The number of para-hydroxylation sites is 1. The number of carboxylic acid groups (broad SMARTS) is 1. The number of carbonyl (C=O) groups is 2. The molecule has 3 heterocycles. The molecule has 1 amide bonds. The Kier molecular flexibility index (Phi) is 6.19. The van der Waals surface area contributed by atoms with E-state index in [2.05, 4.69) is 22.8 Å². The van der Waals surface area contributed by atoms with Crippen LogP contribution >= 0.6 is 0 Å². The first-order chi connectivity index (χ1) is 18.4. The van der Waals surface area contributed by atoms with Crippen LogP contribution in [0.3, 0.4) is 0 Å². The minimum absolute atomic E-state index is 0.0148. The third kappa shape index (κ3) is 4.45. The summed E-state index contributed by atoms with van der Waals surface area (Å²) in [5, 5.41) is 16.4. The summed E-state index contributed by atoms with van der Waals surface area (Å²) in [5.74, 6) is -0.0959. The molecule has 1 fully saturated rings. The van der Waals surface area contributed by atoms with E-state index < -0.39 is 5.97 Å². The molecule has 8 nitrogen and oxygen atoms in total. The molecular formula is C30H31N3O5. The highest BCUT2D eigenvalue weighted by Gasteiger charge is 2.37. The third-order valence-electron chi connectivity index (χ3n) is 7.64. The minimum atomic E-state index is -0.979. The van der Waals surface area contributed by atoms with Crippen molar-refractivity contribution in [2.24, 2.45) is 0 Å². The fraction of sp³-hybridized carbons (Fsp3) is 0.333. The molecule has 2 unspecified atom stereocenters. The second kappa shape index (κ2) is 9.68. The van der Waals surface area contributed by atoms with Gasteiger partial charge in [0.1, 0.15) is 12.4 Å². The van der Waals surface area contributed by atoms with Gasteiger partial charge in [0.15, 0.2) is 0 Å². The highest BCUT2D eigenvalue weighted by atomic mass is 16.5. The van der Waals surface area contributed by atoms with Gasteiger partial charge in [-0.05, 0) is 78.9 Å². The molecule has 196 valence electrons. The molecule has 0 spiro atoms. The fourth-order valence-electron chi connectivity index (χ4n) is 5.62. The summed E-state index contributed by atoms with van der Waals surface area (Å²) in [6.45, 7) is 6.37. The Labute approximate surface area is 221 Å². The summed E-state index contributed by atoms with van der Waals surface area (Å²) in [5.41, 5.74) is 6.60. The number of carbonyl (C=O) groups excluding carboxylic acids is 1. The molecular weight excluding hydrogens is 482 g/mol. The number of ether oxygens (including phenoxy) is 2. The lowest BCUT2D eigenvalue weighted by Gasteiger charge is -2.33. The predicted molar refractivity (Wildman–Crippen MR) is 144 cm³/mol. The Morgan fingerprint density at radius 1 is 1.11 bits per heavy atom. The monoisotopic (exact) mass is 513 g/mol. The molecule has 3 aliphatic heterocycles. The lowest BCUT2D eigenvalue weighted by Crippen LogP contribution is -2.43. The molecule has 1 saturated heterocycles. The molecule has 0 aliphatic carbocycles. The number of aromatic carboxylic acids is 1. The molecule has 0 saturated carbocycles. The summed E-state index contributed by atoms with van der Waals surface area (Å²) < 4.78 is 11.4. The average molecular weight is 514 g/mol. The molecule has 3 N–H and O–H groups in total. The maximum absolute atomic E-state index is 13.6. The van der Waals surface area contributed by atoms with Gasteiger partial charge in [0.2, 0.25) is 0 Å². The molecule has 8 heteroatoms. The summed E-state index contributed by atoms with van der Waals surface area (Å²) in [6.07, 6.45) is 0.722. The molecule has 3 aliphatic rings. The van der Waals surface area contributed by atoms with E-state index in [1.54, 1.807) is 18.2 Å². The lowest BCUT2D eigenvalue weighted by atomic mass is 9.95. The van der Waals surface area contributed by atoms with Crippen molar-refractivity contribution in [3.8, 4) is 5.75 Å². The zero-order valence-corrected chi connectivity index (χ0v) is 21.5. The van der Waals surface area contributed by atoms with Crippen molar-refractivity contribution in [1.82, 2.24) is 4.90 Å². The molecule has 0 bridgehead atoms. The summed E-state index contributed by atoms with van der Waals surface area (Å²) in [4.78, 5) is 27.3. The van der Waals surface area contributed by atoms with Crippen LogP contribution in [0.2, 0.25) is 0 Å².